The van der Waals surface area contributed by atoms with Crippen molar-refractivity contribution in [3.8, 4) is 0 Å². The number of aromatic carboxylic acids is 1. The molecule has 20 heavy (non-hydrogen) atoms. The Labute approximate surface area is 116 Å². The molecule has 3 rings (SSSR count). The Morgan fingerprint density at radius 1 is 1.15 bits per heavy atom. The van der Waals surface area contributed by atoms with E-state index in [1.807, 2.05) is 35.0 Å². The van der Waals surface area contributed by atoms with Crippen LogP contribution in [0.3, 0.4) is 0 Å². The molecule has 0 aliphatic carbocycles. The van der Waals surface area contributed by atoms with Crippen LogP contribution >= 0.6 is 0 Å². The van der Waals surface area contributed by atoms with E-state index < -0.39 is 5.97 Å². The van der Waals surface area contributed by atoms with Crippen LogP contribution in [0.2, 0.25) is 0 Å². The lowest BCUT2D eigenvalue weighted by Crippen LogP contribution is -2.05. The third-order valence-electron chi connectivity index (χ3n) is 3.41. The summed E-state index contributed by atoms with van der Waals surface area (Å²) in [6.07, 6.45) is 6.33. The van der Waals surface area contributed by atoms with Crippen molar-refractivity contribution < 1.29 is 9.90 Å². The Morgan fingerprint density at radius 3 is 2.70 bits per heavy atom. The zero-order valence-electron chi connectivity index (χ0n) is 10.9. The van der Waals surface area contributed by atoms with E-state index in [4.69, 9.17) is 0 Å². The van der Waals surface area contributed by atoms with E-state index in [0.29, 0.717) is 5.56 Å². The third kappa shape index (κ3) is 2.28. The highest BCUT2D eigenvalue weighted by Crippen LogP contribution is 2.21. The van der Waals surface area contributed by atoms with Crippen LogP contribution in [0.4, 0.5) is 0 Å². The second kappa shape index (κ2) is 5.17. The van der Waals surface area contributed by atoms with Gasteiger partial charge < -0.3 is 9.67 Å². The Hall–Kier alpha value is -2.62. The maximum Gasteiger partial charge on any atom is 0.337 e. The van der Waals surface area contributed by atoms with E-state index >= 15 is 0 Å². The number of benzene rings is 1. The van der Waals surface area contributed by atoms with Crippen LogP contribution in [0.5, 0.6) is 0 Å². The Morgan fingerprint density at radius 2 is 1.95 bits per heavy atom. The first-order valence-electron chi connectivity index (χ1n) is 6.46. The zero-order chi connectivity index (χ0) is 13.9. The maximum absolute atomic E-state index is 11.3. The highest BCUT2D eigenvalue weighted by Gasteiger charge is 2.11. The van der Waals surface area contributed by atoms with Gasteiger partial charge in [-0.2, -0.15) is 0 Å². The van der Waals surface area contributed by atoms with Crippen LogP contribution < -0.4 is 0 Å². The monoisotopic (exact) mass is 266 g/mol. The highest BCUT2D eigenvalue weighted by molar-refractivity contribution is 6.02. The fraction of sp³-hybridized carbons (Fsp3) is 0.125. The van der Waals surface area contributed by atoms with Crippen molar-refractivity contribution >= 4 is 16.9 Å². The predicted molar refractivity (Wildman–Crippen MR) is 76.8 cm³/mol. The Kier molecular flexibility index (Phi) is 3.21. The largest absolute Gasteiger partial charge is 0.478 e. The van der Waals surface area contributed by atoms with Crippen molar-refractivity contribution in [2.45, 2.75) is 13.0 Å². The molecule has 0 atom stereocenters. The fourth-order valence-electron chi connectivity index (χ4n) is 2.42. The lowest BCUT2D eigenvalue weighted by molar-refractivity contribution is 0.0698. The van der Waals surface area contributed by atoms with Crippen LogP contribution in [-0.2, 0) is 13.0 Å². The molecule has 4 heteroatoms. The van der Waals surface area contributed by atoms with E-state index in [-0.39, 0.29) is 0 Å². The normalized spacial score (nSPS) is 10.8. The lowest BCUT2D eigenvalue weighted by Gasteiger charge is -2.07. The van der Waals surface area contributed by atoms with E-state index in [9.17, 15) is 9.90 Å². The molecular formula is C16H14N2O2. The number of rotatable bonds is 4. The predicted octanol–water partition coefficient (Wildman–Crippen LogP) is 2.98. The first-order chi connectivity index (χ1) is 9.75. The molecule has 0 bridgehead atoms. The van der Waals surface area contributed by atoms with E-state index in [2.05, 4.69) is 4.98 Å². The van der Waals surface area contributed by atoms with E-state index in [1.165, 1.54) is 5.56 Å². The van der Waals surface area contributed by atoms with Crippen LogP contribution in [0, 0.1) is 0 Å². The van der Waals surface area contributed by atoms with Crippen molar-refractivity contribution in [2.24, 2.45) is 0 Å². The van der Waals surface area contributed by atoms with Gasteiger partial charge in [-0.3, -0.25) is 4.98 Å². The number of aromatic nitrogens is 2. The van der Waals surface area contributed by atoms with Crippen LogP contribution in [0.25, 0.3) is 10.9 Å². The van der Waals surface area contributed by atoms with Gasteiger partial charge in [-0.05, 0) is 36.2 Å². The number of aryl methyl sites for hydroxylation is 2. The summed E-state index contributed by atoms with van der Waals surface area (Å²) in [7, 11) is 0. The molecule has 0 radical (unpaired) electrons. The number of fused-ring (bicyclic) bond motifs is 1. The zero-order valence-corrected chi connectivity index (χ0v) is 10.9. The SMILES string of the molecule is O=C(O)c1cccc2ccn(CCc3ccncc3)c12. The van der Waals surface area contributed by atoms with Crippen LogP contribution in [-0.4, -0.2) is 20.6 Å². The molecule has 2 aromatic heterocycles. The highest BCUT2D eigenvalue weighted by atomic mass is 16.4. The van der Waals surface area contributed by atoms with Gasteiger partial charge in [-0.25, -0.2) is 4.79 Å². The number of carboxylic acid groups (broad SMARTS) is 1. The number of pyridine rings is 1. The Bertz CT molecular complexity index is 748. The molecule has 1 aromatic carbocycles. The van der Waals surface area contributed by atoms with E-state index in [1.54, 1.807) is 24.5 Å². The summed E-state index contributed by atoms with van der Waals surface area (Å²) in [4.78, 5) is 15.3. The second-order valence-electron chi connectivity index (χ2n) is 4.66. The molecule has 0 fully saturated rings. The molecule has 2 heterocycles. The van der Waals surface area contributed by atoms with Gasteiger partial charge >= 0.3 is 5.97 Å². The summed E-state index contributed by atoms with van der Waals surface area (Å²) >= 11 is 0. The summed E-state index contributed by atoms with van der Waals surface area (Å²) in [6, 6.07) is 11.3. The van der Waals surface area contributed by atoms with E-state index in [0.717, 1.165) is 23.9 Å². The summed E-state index contributed by atoms with van der Waals surface area (Å²) in [5.74, 6) is -0.889. The molecule has 0 saturated carbocycles. The standard InChI is InChI=1S/C16H14N2O2/c19-16(20)14-3-1-2-13-7-11-18(15(13)14)10-6-12-4-8-17-9-5-12/h1-5,7-9,11H,6,10H2,(H,19,20). The van der Waals surface area contributed by atoms with Crippen molar-refractivity contribution in [1.82, 2.24) is 9.55 Å². The molecular weight excluding hydrogens is 252 g/mol. The number of hydrogen-bond acceptors (Lipinski definition) is 2. The molecule has 100 valence electrons. The smallest absolute Gasteiger partial charge is 0.337 e. The minimum absolute atomic E-state index is 0.349. The first kappa shape index (κ1) is 12.4. The molecule has 1 N–H and O–H groups in total. The topological polar surface area (TPSA) is 55.1 Å². The Balaban J connectivity index is 1.94. The molecule has 4 nitrogen and oxygen atoms in total. The van der Waals surface area contributed by atoms with Crippen molar-refractivity contribution in [3.63, 3.8) is 0 Å². The van der Waals surface area contributed by atoms with Crippen LogP contribution in [0.15, 0.2) is 55.0 Å². The summed E-state index contributed by atoms with van der Waals surface area (Å²) in [6.45, 7) is 0.748. The second-order valence-corrected chi connectivity index (χ2v) is 4.66. The maximum atomic E-state index is 11.3. The number of nitrogens with zero attached hydrogens (tertiary/aromatic N) is 2. The summed E-state index contributed by atoms with van der Waals surface area (Å²) in [5, 5.41) is 10.2. The minimum atomic E-state index is -0.889. The first-order valence-corrected chi connectivity index (χ1v) is 6.46. The van der Waals surface area contributed by atoms with Gasteiger partial charge in [0.15, 0.2) is 0 Å². The van der Waals surface area contributed by atoms with Crippen molar-refractivity contribution in [3.05, 3.63) is 66.1 Å². The average Bonchev–Trinajstić information content (AvgIpc) is 2.89. The number of carbonyl (C=O) groups is 1. The number of hydrogen-bond donors (Lipinski definition) is 1. The molecule has 3 aromatic rings. The molecule has 0 amide bonds. The van der Waals surface area contributed by atoms with Gasteiger partial charge in [0.25, 0.3) is 0 Å². The lowest BCUT2D eigenvalue weighted by atomic mass is 10.1. The average molecular weight is 266 g/mol. The molecule has 0 saturated heterocycles. The van der Waals surface area contributed by atoms with Gasteiger partial charge in [-0.1, -0.05) is 12.1 Å². The molecule has 0 spiro atoms. The van der Waals surface area contributed by atoms with Crippen molar-refractivity contribution in [1.29, 1.82) is 0 Å². The minimum Gasteiger partial charge on any atom is -0.478 e. The van der Waals surface area contributed by atoms with Gasteiger partial charge in [0.05, 0.1) is 11.1 Å². The number of carboxylic acids is 1. The van der Waals surface area contributed by atoms with Crippen molar-refractivity contribution in [2.75, 3.05) is 0 Å². The molecule has 0 unspecified atom stereocenters. The van der Waals surface area contributed by atoms with Crippen LogP contribution in [0.1, 0.15) is 15.9 Å². The van der Waals surface area contributed by atoms with Gasteiger partial charge in [0, 0.05) is 30.5 Å². The van der Waals surface area contributed by atoms with Gasteiger partial charge in [0.2, 0.25) is 0 Å². The number of para-hydroxylation sites is 1. The summed E-state index contributed by atoms with van der Waals surface area (Å²) < 4.78 is 2.00. The molecule has 0 aliphatic rings. The quantitative estimate of drug-likeness (QED) is 0.789. The van der Waals surface area contributed by atoms with Gasteiger partial charge in [0.1, 0.15) is 0 Å². The van der Waals surface area contributed by atoms with Gasteiger partial charge in [-0.15, -0.1) is 0 Å². The fourth-order valence-corrected chi connectivity index (χ4v) is 2.42. The molecule has 0 aliphatic heterocycles. The summed E-state index contributed by atoms with van der Waals surface area (Å²) in [5.41, 5.74) is 2.32. The third-order valence-corrected chi connectivity index (χ3v) is 3.41.